The van der Waals surface area contributed by atoms with Crippen LogP contribution in [0.2, 0.25) is 0 Å². The fourth-order valence-corrected chi connectivity index (χ4v) is 3.27. The Kier molecular flexibility index (Phi) is 8.67. The maximum atomic E-state index is 12.6. The van der Waals surface area contributed by atoms with E-state index in [9.17, 15) is 18.0 Å². The van der Waals surface area contributed by atoms with Crippen molar-refractivity contribution in [1.29, 1.82) is 0 Å². The lowest BCUT2D eigenvalue weighted by Gasteiger charge is -2.18. The van der Waals surface area contributed by atoms with Crippen LogP contribution in [-0.4, -0.2) is 45.6 Å². The van der Waals surface area contributed by atoms with E-state index in [0.717, 1.165) is 17.4 Å². The average molecular weight is 435 g/mol. The van der Waals surface area contributed by atoms with E-state index in [2.05, 4.69) is 10.6 Å². The summed E-state index contributed by atoms with van der Waals surface area (Å²) in [6.45, 7) is 0.239. The van der Waals surface area contributed by atoms with Crippen LogP contribution >= 0.6 is 0 Å². The quantitative estimate of drug-likeness (QED) is 0.592. The van der Waals surface area contributed by atoms with E-state index in [1.165, 1.54) is 0 Å². The lowest BCUT2D eigenvalue weighted by molar-refractivity contribution is -0.123. The summed E-state index contributed by atoms with van der Waals surface area (Å²) in [6, 6.07) is 15.2. The molecule has 1 atom stereocenters. The number of benzene rings is 2. The van der Waals surface area contributed by atoms with Crippen molar-refractivity contribution in [2.24, 2.45) is 0 Å². The Morgan fingerprint density at radius 1 is 1.03 bits per heavy atom. The zero-order valence-electron chi connectivity index (χ0n) is 17.0. The summed E-state index contributed by atoms with van der Waals surface area (Å²) in [5, 5.41) is 5.16. The first kappa shape index (κ1) is 23.2. The molecule has 0 bridgehead atoms. The van der Waals surface area contributed by atoms with Crippen LogP contribution < -0.4 is 15.4 Å². The minimum Gasteiger partial charge on any atom is -0.497 e. The highest BCUT2D eigenvalue weighted by Crippen LogP contribution is 2.12. The lowest BCUT2D eigenvalue weighted by atomic mass is 10.2. The third kappa shape index (κ3) is 8.52. The van der Waals surface area contributed by atoms with E-state index in [1.54, 1.807) is 37.4 Å². The molecule has 8 nitrogen and oxygen atoms in total. The summed E-state index contributed by atoms with van der Waals surface area (Å²) in [4.78, 5) is 24.7. The second-order valence-electron chi connectivity index (χ2n) is 6.75. The van der Waals surface area contributed by atoms with Gasteiger partial charge in [0.15, 0.2) is 0 Å². The van der Waals surface area contributed by atoms with Crippen molar-refractivity contribution in [2.45, 2.75) is 25.6 Å². The fraction of sp³-hybridized carbons (Fsp3) is 0.333. The normalized spacial score (nSPS) is 11.9. The third-order valence-corrected chi connectivity index (χ3v) is 5.18. The number of carbonyl (C=O) groups is 2. The molecule has 162 valence electrons. The van der Waals surface area contributed by atoms with Crippen LogP contribution in [0.15, 0.2) is 54.6 Å². The maximum absolute atomic E-state index is 12.6. The summed E-state index contributed by atoms with van der Waals surface area (Å²) < 4.78 is 33.3. The Labute approximate surface area is 176 Å². The predicted molar refractivity (Wildman–Crippen MR) is 113 cm³/mol. The van der Waals surface area contributed by atoms with Gasteiger partial charge in [-0.25, -0.2) is 13.2 Å². The topological polar surface area (TPSA) is 111 Å². The van der Waals surface area contributed by atoms with E-state index >= 15 is 0 Å². The second-order valence-corrected chi connectivity index (χ2v) is 9.01. The van der Waals surface area contributed by atoms with Crippen molar-refractivity contribution in [2.75, 3.05) is 19.1 Å². The molecule has 0 aliphatic rings. The highest BCUT2D eigenvalue weighted by atomic mass is 32.2. The maximum Gasteiger partial charge on any atom is 0.408 e. The van der Waals surface area contributed by atoms with Gasteiger partial charge < -0.3 is 20.1 Å². The van der Waals surface area contributed by atoms with Gasteiger partial charge in [-0.15, -0.1) is 0 Å². The molecular formula is C21H26N2O6S. The van der Waals surface area contributed by atoms with E-state index in [4.69, 9.17) is 9.47 Å². The van der Waals surface area contributed by atoms with Crippen LogP contribution in [0.3, 0.4) is 0 Å². The molecule has 0 spiro atoms. The Morgan fingerprint density at radius 2 is 1.73 bits per heavy atom. The highest BCUT2D eigenvalue weighted by Gasteiger charge is 2.23. The molecule has 2 N–H and O–H groups in total. The molecule has 0 unspecified atom stereocenters. The number of amides is 2. The molecule has 2 amide bonds. The summed E-state index contributed by atoms with van der Waals surface area (Å²) >= 11 is 0. The lowest BCUT2D eigenvalue weighted by Crippen LogP contribution is -2.47. The van der Waals surface area contributed by atoms with E-state index < -0.39 is 27.9 Å². The summed E-state index contributed by atoms with van der Waals surface area (Å²) in [5.74, 6) is -0.0976. The van der Waals surface area contributed by atoms with Crippen molar-refractivity contribution in [3.8, 4) is 5.75 Å². The molecule has 0 aliphatic carbocycles. The first-order valence-electron chi connectivity index (χ1n) is 9.32. The first-order chi connectivity index (χ1) is 14.3. The Balaban J connectivity index is 1.96. The molecule has 0 saturated heterocycles. The number of ether oxygens (including phenoxy) is 2. The average Bonchev–Trinajstić information content (AvgIpc) is 2.73. The molecule has 0 aliphatic heterocycles. The van der Waals surface area contributed by atoms with E-state index in [0.29, 0.717) is 5.75 Å². The Morgan fingerprint density at radius 3 is 2.40 bits per heavy atom. The van der Waals surface area contributed by atoms with Gasteiger partial charge in [-0.05, 0) is 29.7 Å². The van der Waals surface area contributed by atoms with Gasteiger partial charge in [0.25, 0.3) is 0 Å². The molecule has 30 heavy (non-hydrogen) atoms. The second kappa shape index (κ2) is 11.2. The van der Waals surface area contributed by atoms with Crippen LogP contribution in [-0.2, 0) is 32.5 Å². The number of rotatable bonds is 10. The number of methoxy groups -OCH3 is 1. The fourth-order valence-electron chi connectivity index (χ4n) is 2.60. The zero-order valence-corrected chi connectivity index (χ0v) is 17.8. The molecule has 2 aromatic carbocycles. The van der Waals surface area contributed by atoms with Crippen molar-refractivity contribution < 1.29 is 27.5 Å². The minimum absolute atomic E-state index is 0.0386. The zero-order chi connectivity index (χ0) is 22.0. The predicted octanol–water partition coefficient (Wildman–Crippen LogP) is 2.04. The van der Waals surface area contributed by atoms with Gasteiger partial charge in [-0.1, -0.05) is 42.5 Å². The number of hydrogen-bond acceptors (Lipinski definition) is 6. The number of alkyl carbamates (subject to hydrolysis) is 1. The van der Waals surface area contributed by atoms with Gasteiger partial charge in [0, 0.05) is 12.8 Å². The van der Waals surface area contributed by atoms with Gasteiger partial charge in [0.2, 0.25) is 5.91 Å². The van der Waals surface area contributed by atoms with Crippen molar-refractivity contribution in [1.82, 2.24) is 10.6 Å². The molecule has 0 fully saturated rings. The summed E-state index contributed by atoms with van der Waals surface area (Å²) in [7, 11) is -1.76. The molecule has 9 heteroatoms. The van der Waals surface area contributed by atoms with Gasteiger partial charge in [-0.3, -0.25) is 4.79 Å². The number of hydrogen-bond donors (Lipinski definition) is 2. The smallest absolute Gasteiger partial charge is 0.408 e. The van der Waals surface area contributed by atoms with E-state index in [1.807, 2.05) is 24.3 Å². The van der Waals surface area contributed by atoms with E-state index in [-0.39, 0.29) is 25.3 Å². The molecule has 0 aromatic heterocycles. The van der Waals surface area contributed by atoms with Crippen LogP contribution in [0, 0.1) is 0 Å². The van der Waals surface area contributed by atoms with Crippen molar-refractivity contribution in [3.05, 3.63) is 65.7 Å². The molecule has 2 rings (SSSR count). The number of nitrogens with one attached hydrogen (secondary N) is 2. The molecule has 0 saturated carbocycles. The third-order valence-electron chi connectivity index (χ3n) is 4.20. The van der Waals surface area contributed by atoms with Gasteiger partial charge in [0.05, 0.1) is 12.9 Å². The molecular weight excluding hydrogens is 408 g/mol. The Bertz CT molecular complexity index is 947. The number of sulfone groups is 1. The standard InChI is InChI=1S/C21H26N2O6S/c1-28-18-10-6-9-17(13-18)14-22-20(24)19(11-12-30(2,26)27)23-21(25)29-15-16-7-4-3-5-8-16/h3-10,13,19H,11-12,14-15H2,1-2H3,(H,22,24)(H,23,25)/t19-/m0/s1. The van der Waals surface area contributed by atoms with Gasteiger partial charge in [-0.2, -0.15) is 0 Å². The van der Waals surface area contributed by atoms with Crippen LogP contribution in [0.5, 0.6) is 5.75 Å². The van der Waals surface area contributed by atoms with Crippen LogP contribution in [0.1, 0.15) is 17.5 Å². The van der Waals surface area contributed by atoms with Crippen LogP contribution in [0.25, 0.3) is 0 Å². The highest BCUT2D eigenvalue weighted by molar-refractivity contribution is 7.90. The van der Waals surface area contributed by atoms with Gasteiger partial charge >= 0.3 is 6.09 Å². The summed E-state index contributed by atoms with van der Waals surface area (Å²) in [6.07, 6.45) is 0.212. The number of carbonyl (C=O) groups excluding carboxylic acids is 2. The Hall–Kier alpha value is -3.07. The van der Waals surface area contributed by atoms with Crippen molar-refractivity contribution >= 4 is 21.8 Å². The van der Waals surface area contributed by atoms with Crippen molar-refractivity contribution in [3.63, 3.8) is 0 Å². The molecule has 2 aromatic rings. The monoisotopic (exact) mass is 434 g/mol. The minimum atomic E-state index is -3.31. The van der Waals surface area contributed by atoms with Gasteiger partial charge in [0.1, 0.15) is 28.2 Å². The summed E-state index contributed by atoms with van der Waals surface area (Å²) in [5.41, 5.74) is 1.60. The molecule has 0 heterocycles. The van der Waals surface area contributed by atoms with Crippen LogP contribution in [0.4, 0.5) is 4.79 Å². The SMILES string of the molecule is COc1cccc(CNC(=O)[C@H](CCS(C)(=O)=O)NC(=O)OCc2ccccc2)c1. The molecule has 0 radical (unpaired) electrons. The largest absolute Gasteiger partial charge is 0.497 e. The first-order valence-corrected chi connectivity index (χ1v) is 11.4.